The van der Waals surface area contributed by atoms with Crippen LogP contribution in [0.2, 0.25) is 0 Å². The summed E-state index contributed by atoms with van der Waals surface area (Å²) in [6.45, 7) is 0. The number of aromatic nitrogens is 5. The molecule has 0 saturated heterocycles. The Kier molecular flexibility index (Phi) is 6.70. The largest absolute Gasteiger partial charge is 0.278 e. The second-order valence-corrected chi connectivity index (χ2v) is 16.9. The lowest BCUT2D eigenvalue weighted by molar-refractivity contribution is 0.894. The number of hydrogen-bond donors (Lipinski definition) is 0. The first kappa shape index (κ1) is 32.0. The van der Waals surface area contributed by atoms with Crippen molar-refractivity contribution in [3.05, 3.63) is 176 Å². The van der Waals surface area contributed by atoms with E-state index in [1.54, 1.807) is 0 Å². The van der Waals surface area contributed by atoms with E-state index in [9.17, 15) is 0 Å². The Labute approximate surface area is 339 Å². The first-order chi connectivity index (χ1) is 28.8. The lowest BCUT2D eigenvalue weighted by atomic mass is 9.97. The van der Waals surface area contributed by atoms with Gasteiger partial charge in [0.1, 0.15) is 0 Å². The number of para-hydroxylation sites is 3. The van der Waals surface area contributed by atoms with E-state index >= 15 is 0 Å². The molecule has 7 heteroatoms. The van der Waals surface area contributed by atoms with Gasteiger partial charge in [0, 0.05) is 62.8 Å². The highest BCUT2D eigenvalue weighted by Gasteiger charge is 2.23. The fourth-order valence-corrected chi connectivity index (χ4v) is 11.5. The molecule has 8 aromatic carbocycles. The quantitative estimate of drug-likeness (QED) is 0.179. The van der Waals surface area contributed by atoms with Crippen molar-refractivity contribution in [1.29, 1.82) is 0 Å². The summed E-state index contributed by atoms with van der Waals surface area (Å²) < 4.78 is 9.41. The van der Waals surface area contributed by atoms with Gasteiger partial charge in [-0.2, -0.15) is 15.0 Å². The minimum Gasteiger partial charge on any atom is -0.278 e. The van der Waals surface area contributed by atoms with Crippen molar-refractivity contribution in [3.8, 4) is 34.4 Å². The summed E-state index contributed by atoms with van der Waals surface area (Å²) in [5.41, 5.74) is 7.51. The molecule has 0 spiro atoms. The molecule has 58 heavy (non-hydrogen) atoms. The molecule has 13 rings (SSSR count). The molecule has 0 saturated carbocycles. The summed E-state index contributed by atoms with van der Waals surface area (Å²) in [5.74, 6) is 1.77. The van der Waals surface area contributed by atoms with Crippen LogP contribution >= 0.6 is 22.7 Å². The van der Waals surface area contributed by atoms with Crippen molar-refractivity contribution in [2.75, 3.05) is 0 Å². The van der Waals surface area contributed by atoms with Crippen molar-refractivity contribution in [1.82, 2.24) is 24.1 Å². The van der Waals surface area contributed by atoms with Gasteiger partial charge in [-0.05, 0) is 53.6 Å². The van der Waals surface area contributed by atoms with Crippen molar-refractivity contribution in [2.24, 2.45) is 0 Å². The van der Waals surface area contributed by atoms with E-state index in [-0.39, 0.29) is 0 Å². The van der Waals surface area contributed by atoms with Gasteiger partial charge in [-0.15, -0.1) is 22.7 Å². The molecule has 5 aromatic heterocycles. The molecule has 0 aliphatic carbocycles. The number of thiophene rings is 2. The van der Waals surface area contributed by atoms with Crippen molar-refractivity contribution >= 4 is 107 Å². The molecule has 5 heterocycles. The van der Waals surface area contributed by atoms with Crippen LogP contribution in [0.3, 0.4) is 0 Å². The number of hydrogen-bond acceptors (Lipinski definition) is 5. The standard InChI is InChI=1S/C51H29N5S2/c1-2-14-30(15-3-1)39-28-31(29-45-46(39)38-20-8-13-25-44(38)57-45)49-52-50(55-40-21-9-4-16-32(40)33-17-5-10-22-41(33)55)54-51(53-49)56-42-23-11-6-18-34(42)36-26-27-37-35-19-7-12-24-43(35)58-48(37)47(36)56/h1-29H. The van der Waals surface area contributed by atoms with Crippen LogP contribution < -0.4 is 0 Å². The van der Waals surface area contributed by atoms with Crippen LogP contribution in [0, 0.1) is 0 Å². The monoisotopic (exact) mass is 775 g/mol. The third-order valence-corrected chi connectivity index (χ3v) is 13.9. The third kappa shape index (κ3) is 4.54. The second kappa shape index (κ2) is 12.2. The summed E-state index contributed by atoms with van der Waals surface area (Å²) >= 11 is 3.64. The Morgan fingerprint density at radius 3 is 1.60 bits per heavy atom. The lowest BCUT2D eigenvalue weighted by Crippen LogP contribution is -2.10. The third-order valence-electron chi connectivity index (χ3n) is 11.6. The Morgan fingerprint density at radius 2 is 0.897 bits per heavy atom. The van der Waals surface area contributed by atoms with E-state index in [1.807, 2.05) is 22.7 Å². The number of fused-ring (bicyclic) bond motifs is 13. The van der Waals surface area contributed by atoms with Gasteiger partial charge >= 0.3 is 0 Å². The Balaban J connectivity index is 1.18. The van der Waals surface area contributed by atoms with E-state index < -0.39 is 0 Å². The summed E-state index contributed by atoms with van der Waals surface area (Å²) in [7, 11) is 0. The predicted octanol–water partition coefficient (Wildman–Crippen LogP) is 14.1. The molecule has 0 fully saturated rings. The Bertz CT molecular complexity index is 3760. The molecule has 0 aliphatic heterocycles. The number of benzene rings is 8. The zero-order chi connectivity index (χ0) is 37.9. The van der Waals surface area contributed by atoms with Crippen LogP contribution in [-0.2, 0) is 0 Å². The second-order valence-electron chi connectivity index (χ2n) is 14.8. The Hall–Kier alpha value is -7.19. The normalized spacial score (nSPS) is 12.1. The maximum absolute atomic E-state index is 5.51. The van der Waals surface area contributed by atoms with E-state index in [2.05, 4.69) is 185 Å². The minimum atomic E-state index is 0.574. The molecule has 0 amide bonds. The van der Waals surface area contributed by atoms with Crippen LogP contribution in [-0.4, -0.2) is 24.1 Å². The van der Waals surface area contributed by atoms with Crippen LogP contribution in [0.15, 0.2) is 176 Å². The predicted molar refractivity (Wildman–Crippen MR) is 245 cm³/mol. The van der Waals surface area contributed by atoms with E-state index in [4.69, 9.17) is 15.0 Å². The van der Waals surface area contributed by atoms with Gasteiger partial charge < -0.3 is 0 Å². The summed E-state index contributed by atoms with van der Waals surface area (Å²) in [6.07, 6.45) is 0. The molecule has 0 radical (unpaired) electrons. The lowest BCUT2D eigenvalue weighted by Gasteiger charge is -2.14. The molecule has 5 nitrogen and oxygen atoms in total. The average Bonchev–Trinajstić information content (AvgIpc) is 4.04. The number of rotatable bonds is 4. The van der Waals surface area contributed by atoms with Gasteiger partial charge in [0.25, 0.3) is 0 Å². The van der Waals surface area contributed by atoms with Gasteiger partial charge in [-0.25, -0.2) is 0 Å². The first-order valence-electron chi connectivity index (χ1n) is 19.4. The minimum absolute atomic E-state index is 0.574. The summed E-state index contributed by atoms with van der Waals surface area (Å²) in [4.78, 5) is 16.4. The molecule has 13 aromatic rings. The van der Waals surface area contributed by atoms with Gasteiger partial charge in [0.05, 0.1) is 26.8 Å². The molecule has 0 atom stereocenters. The highest BCUT2D eigenvalue weighted by Crippen LogP contribution is 2.45. The molecular weight excluding hydrogens is 747 g/mol. The molecule has 0 bridgehead atoms. The number of nitrogens with zero attached hydrogens (tertiary/aromatic N) is 5. The zero-order valence-electron chi connectivity index (χ0n) is 30.8. The maximum Gasteiger partial charge on any atom is 0.240 e. The smallest absolute Gasteiger partial charge is 0.240 e. The van der Waals surface area contributed by atoms with E-state index in [0.717, 1.165) is 54.9 Å². The molecule has 0 N–H and O–H groups in total. The topological polar surface area (TPSA) is 48.5 Å². The van der Waals surface area contributed by atoms with Gasteiger partial charge in [-0.3, -0.25) is 9.13 Å². The van der Waals surface area contributed by atoms with Crippen molar-refractivity contribution in [2.45, 2.75) is 0 Å². The van der Waals surface area contributed by atoms with Gasteiger partial charge in [0.2, 0.25) is 11.9 Å². The van der Waals surface area contributed by atoms with Crippen LogP contribution in [0.5, 0.6) is 0 Å². The van der Waals surface area contributed by atoms with Crippen molar-refractivity contribution in [3.63, 3.8) is 0 Å². The van der Waals surface area contributed by atoms with Crippen LogP contribution in [0.25, 0.3) is 118 Å². The molecule has 0 aliphatic rings. The van der Waals surface area contributed by atoms with Gasteiger partial charge in [-0.1, -0.05) is 133 Å². The first-order valence-corrected chi connectivity index (χ1v) is 21.0. The molecule has 270 valence electrons. The fourth-order valence-electron chi connectivity index (χ4n) is 9.09. The molecular formula is C51H29N5S2. The fraction of sp³-hybridized carbons (Fsp3) is 0. The molecule has 0 unspecified atom stereocenters. The van der Waals surface area contributed by atoms with Gasteiger partial charge in [0.15, 0.2) is 5.82 Å². The van der Waals surface area contributed by atoms with Crippen LogP contribution in [0.4, 0.5) is 0 Å². The highest BCUT2D eigenvalue weighted by atomic mass is 32.1. The average molecular weight is 776 g/mol. The Morgan fingerprint density at radius 1 is 0.362 bits per heavy atom. The summed E-state index contributed by atoms with van der Waals surface area (Å²) in [6, 6.07) is 62.9. The van der Waals surface area contributed by atoms with Crippen molar-refractivity contribution < 1.29 is 0 Å². The SMILES string of the molecule is c1ccc(-c2cc(-c3nc(-n4c5ccccc5c5ccccc54)nc(-n4c5ccccc5c5ccc6c7ccccc7sc6c54)n3)cc3sc4ccccc4c23)cc1. The highest BCUT2D eigenvalue weighted by molar-refractivity contribution is 7.26. The van der Waals surface area contributed by atoms with Crippen LogP contribution in [0.1, 0.15) is 0 Å². The summed E-state index contributed by atoms with van der Waals surface area (Å²) in [5, 5.41) is 9.65. The van der Waals surface area contributed by atoms with E-state index in [0.29, 0.717) is 17.7 Å². The zero-order valence-corrected chi connectivity index (χ0v) is 32.4. The maximum atomic E-state index is 5.51. The van der Waals surface area contributed by atoms with E-state index in [1.165, 1.54) is 45.7 Å².